The summed E-state index contributed by atoms with van der Waals surface area (Å²) in [5.41, 5.74) is 1.08. The molecule has 0 bridgehead atoms. The summed E-state index contributed by atoms with van der Waals surface area (Å²) < 4.78 is 16.5. The summed E-state index contributed by atoms with van der Waals surface area (Å²) in [5, 5.41) is 0. The lowest BCUT2D eigenvalue weighted by molar-refractivity contribution is 0.545. The minimum absolute atomic E-state index is 0.299. The lowest BCUT2D eigenvalue weighted by Gasteiger charge is -2.29. The summed E-state index contributed by atoms with van der Waals surface area (Å²) in [6.07, 6.45) is 5.23. The van der Waals surface area contributed by atoms with Gasteiger partial charge < -0.3 is 9.47 Å². The Hall–Kier alpha value is -1.43. The van der Waals surface area contributed by atoms with Gasteiger partial charge in [0.15, 0.2) is 11.6 Å². The molecule has 3 rings (SSSR count). The highest BCUT2D eigenvalue weighted by atomic mass is 79.9. The first-order valence-electron chi connectivity index (χ1n) is 5.29. The van der Waals surface area contributed by atoms with Crippen molar-refractivity contribution in [3.8, 4) is 0 Å². The molecule has 2 aromatic heterocycles. The third-order valence-corrected chi connectivity index (χ3v) is 3.28. The Kier molecular flexibility index (Phi) is 2.58. The SMILES string of the molecule is Fc1cc(Br)cnc1N1CCn2cncc2C1. The van der Waals surface area contributed by atoms with Gasteiger partial charge in [0, 0.05) is 30.0 Å². The topological polar surface area (TPSA) is 34.0 Å². The minimum Gasteiger partial charge on any atom is -0.347 e. The van der Waals surface area contributed by atoms with E-state index < -0.39 is 0 Å². The molecule has 1 aliphatic rings. The largest absolute Gasteiger partial charge is 0.347 e. The van der Waals surface area contributed by atoms with E-state index in [1.165, 1.54) is 6.07 Å². The molecule has 0 amide bonds. The molecule has 17 heavy (non-hydrogen) atoms. The van der Waals surface area contributed by atoms with Crippen LogP contribution in [0.5, 0.6) is 0 Å². The smallest absolute Gasteiger partial charge is 0.166 e. The fourth-order valence-electron chi connectivity index (χ4n) is 2.01. The van der Waals surface area contributed by atoms with Gasteiger partial charge in [-0.1, -0.05) is 0 Å². The van der Waals surface area contributed by atoms with Crippen molar-refractivity contribution in [1.82, 2.24) is 14.5 Å². The van der Waals surface area contributed by atoms with Gasteiger partial charge in [-0.3, -0.25) is 0 Å². The Morgan fingerprint density at radius 3 is 3.00 bits per heavy atom. The number of hydrogen-bond acceptors (Lipinski definition) is 3. The van der Waals surface area contributed by atoms with Gasteiger partial charge in [-0.25, -0.2) is 14.4 Å². The molecular weight excluding hydrogens is 287 g/mol. The van der Waals surface area contributed by atoms with E-state index in [4.69, 9.17) is 0 Å². The lowest BCUT2D eigenvalue weighted by atomic mass is 10.3. The Bertz CT molecular complexity index is 554. The number of rotatable bonds is 1. The zero-order valence-corrected chi connectivity index (χ0v) is 10.6. The minimum atomic E-state index is -0.299. The van der Waals surface area contributed by atoms with Gasteiger partial charge in [0.2, 0.25) is 0 Å². The molecule has 0 aromatic carbocycles. The van der Waals surface area contributed by atoms with E-state index in [1.807, 2.05) is 11.1 Å². The van der Waals surface area contributed by atoms with Crippen LogP contribution in [0, 0.1) is 5.82 Å². The van der Waals surface area contributed by atoms with Crippen molar-refractivity contribution in [1.29, 1.82) is 0 Å². The summed E-state index contributed by atoms with van der Waals surface area (Å²) in [6.45, 7) is 2.20. The Morgan fingerprint density at radius 1 is 1.29 bits per heavy atom. The van der Waals surface area contributed by atoms with Gasteiger partial charge in [-0.05, 0) is 22.0 Å². The predicted octanol–water partition coefficient (Wildman–Crippen LogP) is 2.20. The Morgan fingerprint density at radius 2 is 2.18 bits per heavy atom. The molecule has 0 saturated heterocycles. The highest BCUT2D eigenvalue weighted by molar-refractivity contribution is 9.10. The molecule has 0 N–H and O–H groups in total. The number of nitrogens with zero attached hydrogens (tertiary/aromatic N) is 4. The molecule has 6 heteroatoms. The average molecular weight is 297 g/mol. The first kappa shape index (κ1) is 10.7. The molecular formula is C11H10BrFN4. The molecule has 0 unspecified atom stereocenters. The lowest BCUT2D eigenvalue weighted by Crippen LogP contribution is -2.34. The molecule has 2 aromatic rings. The van der Waals surface area contributed by atoms with Crippen LogP contribution < -0.4 is 4.90 Å². The molecule has 0 atom stereocenters. The molecule has 0 spiro atoms. The van der Waals surface area contributed by atoms with E-state index in [9.17, 15) is 4.39 Å². The molecule has 0 fully saturated rings. The van der Waals surface area contributed by atoms with Gasteiger partial charge in [0.05, 0.1) is 18.6 Å². The highest BCUT2D eigenvalue weighted by Crippen LogP contribution is 2.23. The maximum Gasteiger partial charge on any atom is 0.166 e. The first-order valence-corrected chi connectivity index (χ1v) is 6.08. The second-order valence-electron chi connectivity index (χ2n) is 3.96. The summed E-state index contributed by atoms with van der Waals surface area (Å²) in [6, 6.07) is 1.44. The zero-order chi connectivity index (χ0) is 11.8. The molecule has 3 heterocycles. The van der Waals surface area contributed by atoms with Crippen LogP contribution in [0.15, 0.2) is 29.3 Å². The Balaban J connectivity index is 1.91. The molecule has 88 valence electrons. The van der Waals surface area contributed by atoms with Crippen LogP contribution in [-0.2, 0) is 13.1 Å². The second kappa shape index (κ2) is 4.10. The Labute approximate surface area is 106 Å². The average Bonchev–Trinajstić information content (AvgIpc) is 2.75. The maximum absolute atomic E-state index is 13.8. The van der Waals surface area contributed by atoms with Gasteiger partial charge in [-0.2, -0.15) is 0 Å². The van der Waals surface area contributed by atoms with Gasteiger partial charge in [-0.15, -0.1) is 0 Å². The number of halogens is 2. The fourth-order valence-corrected chi connectivity index (χ4v) is 2.31. The highest BCUT2D eigenvalue weighted by Gasteiger charge is 2.19. The predicted molar refractivity (Wildman–Crippen MR) is 65.2 cm³/mol. The third-order valence-electron chi connectivity index (χ3n) is 2.85. The standard InChI is InChI=1S/C11H10BrFN4/c12-8-3-10(13)11(15-4-8)16-1-2-17-7-14-5-9(17)6-16/h3-5,7H,1-2,6H2. The molecule has 1 aliphatic heterocycles. The number of fused-ring (bicyclic) bond motifs is 1. The summed E-state index contributed by atoms with van der Waals surface area (Å²) in [5.74, 6) is 0.105. The summed E-state index contributed by atoms with van der Waals surface area (Å²) in [7, 11) is 0. The summed E-state index contributed by atoms with van der Waals surface area (Å²) in [4.78, 5) is 10.1. The van der Waals surface area contributed by atoms with Gasteiger partial charge in [0.25, 0.3) is 0 Å². The number of anilines is 1. The van der Waals surface area contributed by atoms with Crippen LogP contribution in [0.25, 0.3) is 0 Å². The van der Waals surface area contributed by atoms with Crippen molar-refractivity contribution in [3.63, 3.8) is 0 Å². The monoisotopic (exact) mass is 296 g/mol. The van der Waals surface area contributed by atoms with E-state index in [-0.39, 0.29) is 5.82 Å². The normalized spacial score (nSPS) is 14.8. The van der Waals surface area contributed by atoms with Crippen LogP contribution >= 0.6 is 15.9 Å². The fraction of sp³-hybridized carbons (Fsp3) is 0.273. The van der Waals surface area contributed by atoms with Gasteiger partial charge >= 0.3 is 0 Å². The second-order valence-corrected chi connectivity index (χ2v) is 4.87. The number of aromatic nitrogens is 3. The van der Waals surface area contributed by atoms with Crippen LogP contribution in [0.2, 0.25) is 0 Å². The van der Waals surface area contributed by atoms with Crippen LogP contribution in [0.4, 0.5) is 10.2 Å². The van der Waals surface area contributed by atoms with Crippen molar-refractivity contribution in [2.45, 2.75) is 13.1 Å². The van der Waals surface area contributed by atoms with Crippen molar-refractivity contribution < 1.29 is 4.39 Å². The summed E-state index contributed by atoms with van der Waals surface area (Å²) >= 11 is 3.20. The molecule has 0 aliphatic carbocycles. The van der Waals surface area contributed by atoms with Crippen LogP contribution in [-0.4, -0.2) is 21.1 Å². The number of imidazole rings is 1. The van der Waals surface area contributed by atoms with Gasteiger partial charge in [0.1, 0.15) is 0 Å². The van der Waals surface area contributed by atoms with E-state index in [1.54, 1.807) is 12.5 Å². The van der Waals surface area contributed by atoms with E-state index in [2.05, 4.69) is 30.5 Å². The molecule has 0 radical (unpaired) electrons. The third kappa shape index (κ3) is 1.93. The van der Waals surface area contributed by atoms with Crippen molar-refractivity contribution in [2.24, 2.45) is 0 Å². The van der Waals surface area contributed by atoms with Crippen LogP contribution in [0.3, 0.4) is 0 Å². The number of pyridine rings is 1. The van der Waals surface area contributed by atoms with E-state index in [0.29, 0.717) is 16.8 Å². The molecule has 0 saturated carbocycles. The maximum atomic E-state index is 13.8. The first-order chi connectivity index (χ1) is 8.24. The zero-order valence-electron chi connectivity index (χ0n) is 8.98. The van der Waals surface area contributed by atoms with E-state index in [0.717, 1.165) is 18.8 Å². The van der Waals surface area contributed by atoms with E-state index >= 15 is 0 Å². The van der Waals surface area contributed by atoms with Crippen LogP contribution in [0.1, 0.15) is 5.69 Å². The van der Waals surface area contributed by atoms with Crippen molar-refractivity contribution in [3.05, 3.63) is 40.8 Å². The van der Waals surface area contributed by atoms with Crippen molar-refractivity contribution in [2.75, 3.05) is 11.4 Å². The molecule has 4 nitrogen and oxygen atoms in total. The number of hydrogen-bond donors (Lipinski definition) is 0. The van der Waals surface area contributed by atoms with Crippen molar-refractivity contribution >= 4 is 21.7 Å². The quantitative estimate of drug-likeness (QED) is 0.809.